The number of aryl methyl sites for hydroxylation is 1. The van der Waals surface area contributed by atoms with E-state index in [1.807, 2.05) is 25.1 Å². The minimum absolute atomic E-state index is 0.788. The Labute approximate surface area is 124 Å². The molecular formula is C18H18N2O. The summed E-state index contributed by atoms with van der Waals surface area (Å²) in [6.45, 7) is 2.79. The molecule has 1 N–H and O–H groups in total. The molecule has 0 unspecified atom stereocenters. The van der Waals surface area contributed by atoms with Crippen LogP contribution in [0.2, 0.25) is 0 Å². The molecule has 1 aromatic heterocycles. The maximum Gasteiger partial charge on any atom is 0.145 e. The number of methoxy groups -OCH3 is 1. The molecule has 0 aliphatic rings. The summed E-state index contributed by atoms with van der Waals surface area (Å²) in [5.41, 5.74) is 4.21. The molecule has 3 aromatic rings. The minimum Gasteiger partial charge on any atom is -0.494 e. The number of anilines is 1. The summed E-state index contributed by atoms with van der Waals surface area (Å²) >= 11 is 0. The van der Waals surface area contributed by atoms with Gasteiger partial charge in [-0.15, -0.1) is 0 Å². The lowest BCUT2D eigenvalue weighted by atomic mass is 10.1. The highest BCUT2D eigenvalue weighted by Crippen LogP contribution is 2.30. The molecule has 106 valence electrons. The Bertz CT molecular complexity index is 754. The van der Waals surface area contributed by atoms with Crippen molar-refractivity contribution in [1.29, 1.82) is 0 Å². The van der Waals surface area contributed by atoms with Gasteiger partial charge in [0.1, 0.15) is 11.3 Å². The molecule has 0 spiro atoms. The zero-order valence-corrected chi connectivity index (χ0v) is 12.3. The minimum atomic E-state index is 0.788. The first-order valence-corrected chi connectivity index (χ1v) is 7.00. The van der Waals surface area contributed by atoms with Gasteiger partial charge in [0.15, 0.2) is 0 Å². The fourth-order valence-corrected chi connectivity index (χ4v) is 2.45. The van der Waals surface area contributed by atoms with Gasteiger partial charge in [-0.05, 0) is 24.6 Å². The van der Waals surface area contributed by atoms with Gasteiger partial charge in [-0.3, -0.25) is 0 Å². The summed E-state index contributed by atoms with van der Waals surface area (Å²) in [5.74, 6) is 0.805. The second kappa shape index (κ2) is 5.83. The zero-order chi connectivity index (χ0) is 14.7. The lowest BCUT2D eigenvalue weighted by molar-refractivity contribution is 0.419. The van der Waals surface area contributed by atoms with E-state index in [-0.39, 0.29) is 0 Å². The largest absolute Gasteiger partial charge is 0.494 e. The van der Waals surface area contributed by atoms with Crippen LogP contribution in [0.5, 0.6) is 5.75 Å². The van der Waals surface area contributed by atoms with Gasteiger partial charge < -0.3 is 10.1 Å². The maximum absolute atomic E-state index is 5.41. The molecule has 21 heavy (non-hydrogen) atoms. The average molecular weight is 278 g/mol. The van der Waals surface area contributed by atoms with Crippen molar-refractivity contribution in [3.8, 4) is 5.75 Å². The van der Waals surface area contributed by atoms with E-state index in [1.54, 1.807) is 7.11 Å². The summed E-state index contributed by atoms with van der Waals surface area (Å²) in [5, 5.41) is 4.58. The Hall–Kier alpha value is -2.55. The summed E-state index contributed by atoms with van der Waals surface area (Å²) in [6.07, 6.45) is 0. The zero-order valence-electron chi connectivity index (χ0n) is 12.3. The van der Waals surface area contributed by atoms with Crippen LogP contribution < -0.4 is 10.1 Å². The molecule has 0 radical (unpaired) electrons. The van der Waals surface area contributed by atoms with E-state index in [0.29, 0.717) is 0 Å². The molecule has 0 aliphatic carbocycles. The Balaban J connectivity index is 1.98. The van der Waals surface area contributed by atoms with E-state index in [0.717, 1.165) is 34.6 Å². The quantitative estimate of drug-likeness (QED) is 0.778. The van der Waals surface area contributed by atoms with E-state index >= 15 is 0 Å². The SMILES string of the molecule is COc1cccc2c(NCc3ccccc3)cc(C)nc12. The van der Waals surface area contributed by atoms with Crippen molar-refractivity contribution in [2.75, 3.05) is 12.4 Å². The molecule has 0 bridgehead atoms. The Morgan fingerprint density at radius 2 is 1.86 bits per heavy atom. The lowest BCUT2D eigenvalue weighted by Crippen LogP contribution is -2.01. The predicted molar refractivity (Wildman–Crippen MR) is 86.8 cm³/mol. The van der Waals surface area contributed by atoms with E-state index in [2.05, 4.69) is 46.7 Å². The van der Waals surface area contributed by atoms with Gasteiger partial charge in [-0.25, -0.2) is 4.98 Å². The molecule has 0 saturated heterocycles. The molecule has 0 aliphatic heterocycles. The van der Waals surface area contributed by atoms with Gasteiger partial charge in [-0.2, -0.15) is 0 Å². The number of benzene rings is 2. The summed E-state index contributed by atoms with van der Waals surface area (Å²) in [6, 6.07) is 18.4. The lowest BCUT2D eigenvalue weighted by Gasteiger charge is -2.12. The van der Waals surface area contributed by atoms with Gasteiger partial charge >= 0.3 is 0 Å². The number of fused-ring (bicyclic) bond motifs is 1. The van der Waals surface area contributed by atoms with Crippen LogP contribution in [0.25, 0.3) is 10.9 Å². The van der Waals surface area contributed by atoms with Crippen LogP contribution in [-0.4, -0.2) is 12.1 Å². The molecule has 3 nitrogen and oxygen atoms in total. The van der Waals surface area contributed by atoms with E-state index < -0.39 is 0 Å². The number of nitrogens with one attached hydrogen (secondary N) is 1. The molecular weight excluding hydrogens is 260 g/mol. The first kappa shape index (κ1) is 13.4. The van der Waals surface area contributed by atoms with Crippen LogP contribution in [0.4, 0.5) is 5.69 Å². The molecule has 0 amide bonds. The van der Waals surface area contributed by atoms with E-state index in [4.69, 9.17) is 4.74 Å². The monoisotopic (exact) mass is 278 g/mol. The molecule has 2 aromatic carbocycles. The normalized spacial score (nSPS) is 10.6. The van der Waals surface area contributed by atoms with Crippen molar-refractivity contribution in [3.63, 3.8) is 0 Å². The van der Waals surface area contributed by atoms with Crippen LogP contribution in [0.1, 0.15) is 11.3 Å². The number of para-hydroxylation sites is 1. The third kappa shape index (κ3) is 2.82. The predicted octanol–water partition coefficient (Wildman–Crippen LogP) is 4.16. The smallest absolute Gasteiger partial charge is 0.145 e. The van der Waals surface area contributed by atoms with Crippen molar-refractivity contribution >= 4 is 16.6 Å². The fourth-order valence-electron chi connectivity index (χ4n) is 2.45. The molecule has 0 fully saturated rings. The number of rotatable bonds is 4. The highest BCUT2D eigenvalue weighted by molar-refractivity contribution is 5.95. The molecule has 1 heterocycles. The third-order valence-corrected chi connectivity index (χ3v) is 3.48. The second-order valence-electron chi connectivity index (χ2n) is 5.01. The Morgan fingerprint density at radius 3 is 2.62 bits per heavy atom. The van der Waals surface area contributed by atoms with Crippen LogP contribution in [0, 0.1) is 6.92 Å². The number of pyridine rings is 1. The molecule has 0 atom stereocenters. The van der Waals surface area contributed by atoms with Crippen molar-refractivity contribution in [3.05, 3.63) is 65.9 Å². The fraction of sp³-hybridized carbons (Fsp3) is 0.167. The van der Waals surface area contributed by atoms with Crippen LogP contribution >= 0.6 is 0 Å². The first-order valence-electron chi connectivity index (χ1n) is 7.00. The highest BCUT2D eigenvalue weighted by atomic mass is 16.5. The van der Waals surface area contributed by atoms with Crippen molar-refractivity contribution in [1.82, 2.24) is 4.98 Å². The van der Waals surface area contributed by atoms with Crippen molar-refractivity contribution in [2.24, 2.45) is 0 Å². The summed E-state index contributed by atoms with van der Waals surface area (Å²) < 4.78 is 5.41. The van der Waals surface area contributed by atoms with E-state index in [9.17, 15) is 0 Å². The molecule has 3 heteroatoms. The van der Waals surface area contributed by atoms with Crippen LogP contribution in [0.3, 0.4) is 0 Å². The standard InChI is InChI=1S/C18H18N2O/c1-13-11-16(19-12-14-7-4-3-5-8-14)15-9-6-10-17(21-2)18(15)20-13/h3-11H,12H2,1-2H3,(H,19,20). The van der Waals surface area contributed by atoms with Gasteiger partial charge in [0.2, 0.25) is 0 Å². The number of ether oxygens (including phenoxy) is 1. The van der Waals surface area contributed by atoms with Crippen molar-refractivity contribution < 1.29 is 4.74 Å². The topological polar surface area (TPSA) is 34.1 Å². The van der Waals surface area contributed by atoms with Crippen LogP contribution in [0.15, 0.2) is 54.6 Å². The number of hydrogen-bond donors (Lipinski definition) is 1. The van der Waals surface area contributed by atoms with Crippen LogP contribution in [-0.2, 0) is 6.54 Å². The van der Waals surface area contributed by atoms with Gasteiger partial charge in [0, 0.05) is 23.3 Å². The van der Waals surface area contributed by atoms with Gasteiger partial charge in [0.25, 0.3) is 0 Å². The summed E-state index contributed by atoms with van der Waals surface area (Å²) in [7, 11) is 1.68. The number of aromatic nitrogens is 1. The molecule has 3 rings (SSSR count). The Kier molecular flexibility index (Phi) is 3.73. The Morgan fingerprint density at radius 1 is 1.05 bits per heavy atom. The van der Waals surface area contributed by atoms with Crippen molar-refractivity contribution in [2.45, 2.75) is 13.5 Å². The third-order valence-electron chi connectivity index (χ3n) is 3.48. The van der Waals surface area contributed by atoms with Gasteiger partial charge in [-0.1, -0.05) is 42.5 Å². The molecule has 0 saturated carbocycles. The average Bonchev–Trinajstić information content (AvgIpc) is 2.53. The summed E-state index contributed by atoms with van der Waals surface area (Å²) in [4.78, 5) is 4.60. The maximum atomic E-state index is 5.41. The van der Waals surface area contributed by atoms with Gasteiger partial charge in [0.05, 0.1) is 7.11 Å². The second-order valence-corrected chi connectivity index (χ2v) is 5.01. The first-order chi connectivity index (χ1) is 10.3. The number of hydrogen-bond acceptors (Lipinski definition) is 3. The number of nitrogens with zero attached hydrogens (tertiary/aromatic N) is 1. The highest BCUT2D eigenvalue weighted by Gasteiger charge is 2.08. The van der Waals surface area contributed by atoms with E-state index in [1.165, 1.54) is 5.56 Å².